The summed E-state index contributed by atoms with van der Waals surface area (Å²) < 4.78 is 2.20. The Morgan fingerprint density at radius 1 is 1.08 bits per heavy atom. The number of fused-ring (bicyclic) bond motifs is 1. The number of rotatable bonds is 5. The highest BCUT2D eigenvalue weighted by Gasteiger charge is 2.05. The van der Waals surface area contributed by atoms with Crippen molar-refractivity contribution in [3.8, 4) is 0 Å². The zero-order valence-corrected chi connectivity index (χ0v) is 15.2. The summed E-state index contributed by atoms with van der Waals surface area (Å²) in [5.41, 5.74) is 3.24. The first-order chi connectivity index (χ1) is 11.6. The zero-order valence-electron chi connectivity index (χ0n) is 13.7. The fraction of sp³-hybridized carbons (Fsp3) is 0.211. The molecular weight excluding hydrogens is 341 g/mol. The average molecular weight is 360 g/mol. The van der Waals surface area contributed by atoms with Gasteiger partial charge < -0.3 is 9.47 Å². The van der Waals surface area contributed by atoms with E-state index in [1.807, 2.05) is 42.6 Å². The van der Waals surface area contributed by atoms with Crippen LogP contribution in [0.1, 0.15) is 12.5 Å². The highest BCUT2D eigenvalue weighted by molar-refractivity contribution is 6.42. The van der Waals surface area contributed by atoms with Crippen LogP contribution >= 0.6 is 23.2 Å². The first kappa shape index (κ1) is 16.9. The molecule has 3 rings (SSSR count). The minimum atomic E-state index is 0.581. The van der Waals surface area contributed by atoms with Gasteiger partial charge in [-0.25, -0.2) is 4.99 Å². The van der Waals surface area contributed by atoms with Crippen molar-refractivity contribution in [3.05, 3.63) is 64.3 Å². The lowest BCUT2D eigenvalue weighted by atomic mass is 10.2. The number of hydrogen-bond donors (Lipinski definition) is 0. The van der Waals surface area contributed by atoms with E-state index in [1.54, 1.807) is 0 Å². The average Bonchev–Trinajstić information content (AvgIpc) is 2.98. The van der Waals surface area contributed by atoms with Crippen LogP contribution in [0.4, 0.5) is 5.69 Å². The molecule has 3 aromatic rings. The molecule has 3 nitrogen and oxygen atoms in total. The van der Waals surface area contributed by atoms with Crippen LogP contribution in [0, 0.1) is 0 Å². The summed E-state index contributed by atoms with van der Waals surface area (Å²) in [6.07, 6.45) is 3.94. The molecule has 0 N–H and O–H groups in total. The second kappa shape index (κ2) is 7.29. The van der Waals surface area contributed by atoms with Gasteiger partial charge in [0, 0.05) is 37.2 Å². The largest absolute Gasteiger partial charge is 0.366 e. The van der Waals surface area contributed by atoms with Crippen LogP contribution in [-0.2, 0) is 6.54 Å². The van der Waals surface area contributed by atoms with Gasteiger partial charge in [-0.05, 0) is 48.9 Å². The lowest BCUT2D eigenvalue weighted by molar-refractivity contribution is 0.552. The minimum Gasteiger partial charge on any atom is -0.366 e. The standard InChI is InChI=1S/C19H19Cl2N3/c1-3-23(2)13-22-16-5-7-19-15(11-16)8-9-24(19)12-14-4-6-17(20)18(21)10-14/h4-11,13H,3,12H2,1-2H3. The van der Waals surface area contributed by atoms with Gasteiger partial charge in [-0.15, -0.1) is 0 Å². The quantitative estimate of drug-likeness (QED) is 0.428. The van der Waals surface area contributed by atoms with Gasteiger partial charge in [-0.3, -0.25) is 0 Å². The Labute approximate surface area is 152 Å². The number of benzene rings is 2. The van der Waals surface area contributed by atoms with Crippen molar-refractivity contribution in [2.45, 2.75) is 13.5 Å². The summed E-state index contributed by atoms with van der Waals surface area (Å²) in [4.78, 5) is 6.54. The molecular formula is C19H19Cl2N3. The van der Waals surface area contributed by atoms with Crippen molar-refractivity contribution < 1.29 is 0 Å². The van der Waals surface area contributed by atoms with E-state index in [0.29, 0.717) is 10.0 Å². The third-order valence-electron chi connectivity index (χ3n) is 3.99. The van der Waals surface area contributed by atoms with Gasteiger partial charge in [-0.1, -0.05) is 29.3 Å². The highest BCUT2D eigenvalue weighted by atomic mass is 35.5. The first-order valence-electron chi connectivity index (χ1n) is 7.84. The zero-order chi connectivity index (χ0) is 17.1. The van der Waals surface area contributed by atoms with E-state index >= 15 is 0 Å². The third kappa shape index (κ3) is 3.74. The fourth-order valence-electron chi connectivity index (χ4n) is 2.49. The maximum absolute atomic E-state index is 6.10. The van der Waals surface area contributed by atoms with E-state index in [-0.39, 0.29) is 0 Å². The van der Waals surface area contributed by atoms with Gasteiger partial charge in [0.05, 0.1) is 22.1 Å². The van der Waals surface area contributed by atoms with Gasteiger partial charge in [0.15, 0.2) is 0 Å². The molecule has 1 heterocycles. The molecule has 0 unspecified atom stereocenters. The van der Waals surface area contributed by atoms with E-state index in [2.05, 4.69) is 40.9 Å². The Bertz CT molecular complexity index is 883. The summed E-state index contributed by atoms with van der Waals surface area (Å²) in [6.45, 7) is 3.78. The summed E-state index contributed by atoms with van der Waals surface area (Å²) in [5, 5.41) is 2.34. The van der Waals surface area contributed by atoms with Gasteiger partial charge in [0.1, 0.15) is 0 Å². The Morgan fingerprint density at radius 3 is 2.67 bits per heavy atom. The maximum atomic E-state index is 6.10. The van der Waals surface area contributed by atoms with E-state index < -0.39 is 0 Å². The summed E-state index contributed by atoms with van der Waals surface area (Å²) in [5.74, 6) is 0. The second-order valence-corrected chi connectivity index (χ2v) is 6.57. The Morgan fingerprint density at radius 2 is 1.92 bits per heavy atom. The van der Waals surface area contributed by atoms with Crippen molar-refractivity contribution in [2.24, 2.45) is 4.99 Å². The fourth-order valence-corrected chi connectivity index (χ4v) is 2.81. The number of aromatic nitrogens is 1. The third-order valence-corrected chi connectivity index (χ3v) is 4.73. The van der Waals surface area contributed by atoms with Crippen LogP contribution in [-0.4, -0.2) is 29.4 Å². The van der Waals surface area contributed by atoms with Crippen LogP contribution in [0.25, 0.3) is 10.9 Å². The molecule has 0 amide bonds. The van der Waals surface area contributed by atoms with Gasteiger partial charge in [0.2, 0.25) is 0 Å². The number of aliphatic imine (C=N–C) groups is 1. The Kier molecular flexibility index (Phi) is 5.12. The monoisotopic (exact) mass is 359 g/mol. The second-order valence-electron chi connectivity index (χ2n) is 5.75. The molecule has 0 atom stereocenters. The van der Waals surface area contributed by atoms with Crippen molar-refractivity contribution in [1.29, 1.82) is 0 Å². The molecule has 124 valence electrons. The highest BCUT2D eigenvalue weighted by Crippen LogP contribution is 2.26. The van der Waals surface area contributed by atoms with Crippen molar-refractivity contribution in [2.75, 3.05) is 13.6 Å². The molecule has 0 bridgehead atoms. The molecule has 0 fully saturated rings. The summed E-state index contributed by atoms with van der Waals surface area (Å²) in [7, 11) is 2.01. The topological polar surface area (TPSA) is 20.5 Å². The van der Waals surface area contributed by atoms with E-state index in [9.17, 15) is 0 Å². The van der Waals surface area contributed by atoms with E-state index in [4.69, 9.17) is 23.2 Å². The van der Waals surface area contributed by atoms with E-state index in [0.717, 1.165) is 24.3 Å². The molecule has 24 heavy (non-hydrogen) atoms. The minimum absolute atomic E-state index is 0.581. The predicted octanol–water partition coefficient (Wildman–Crippen LogP) is 5.61. The molecule has 0 saturated heterocycles. The van der Waals surface area contributed by atoms with Crippen LogP contribution in [0.3, 0.4) is 0 Å². The van der Waals surface area contributed by atoms with Crippen LogP contribution in [0.2, 0.25) is 10.0 Å². The molecule has 0 aliphatic rings. The molecule has 0 radical (unpaired) electrons. The molecule has 0 aliphatic carbocycles. The molecule has 0 spiro atoms. The molecule has 0 aliphatic heterocycles. The predicted molar refractivity (Wildman–Crippen MR) is 104 cm³/mol. The van der Waals surface area contributed by atoms with E-state index in [1.165, 1.54) is 10.9 Å². The van der Waals surface area contributed by atoms with Crippen molar-refractivity contribution >= 4 is 46.1 Å². The van der Waals surface area contributed by atoms with Crippen molar-refractivity contribution in [3.63, 3.8) is 0 Å². The molecule has 2 aromatic carbocycles. The van der Waals surface area contributed by atoms with Crippen molar-refractivity contribution in [1.82, 2.24) is 9.47 Å². The lowest BCUT2D eigenvalue weighted by Crippen LogP contribution is -2.14. The Hall–Kier alpha value is -1.97. The van der Waals surface area contributed by atoms with Gasteiger partial charge in [0.25, 0.3) is 0 Å². The maximum Gasteiger partial charge on any atom is 0.0909 e. The van der Waals surface area contributed by atoms with Crippen LogP contribution in [0.5, 0.6) is 0 Å². The van der Waals surface area contributed by atoms with Gasteiger partial charge in [-0.2, -0.15) is 0 Å². The molecule has 0 saturated carbocycles. The van der Waals surface area contributed by atoms with Crippen LogP contribution in [0.15, 0.2) is 53.7 Å². The lowest BCUT2D eigenvalue weighted by Gasteiger charge is -2.09. The SMILES string of the molecule is CCN(C)C=Nc1ccc2c(ccn2Cc2ccc(Cl)c(Cl)c2)c1. The number of halogens is 2. The normalized spacial score (nSPS) is 11.5. The number of hydrogen-bond acceptors (Lipinski definition) is 1. The van der Waals surface area contributed by atoms with Crippen LogP contribution < -0.4 is 0 Å². The summed E-state index contributed by atoms with van der Waals surface area (Å²) >= 11 is 12.1. The smallest absolute Gasteiger partial charge is 0.0909 e. The Balaban J connectivity index is 1.85. The molecule has 5 heteroatoms. The van der Waals surface area contributed by atoms with Gasteiger partial charge >= 0.3 is 0 Å². The molecule has 1 aromatic heterocycles. The summed E-state index contributed by atoms with van der Waals surface area (Å²) in [6, 6.07) is 14.1. The number of nitrogens with zero attached hydrogens (tertiary/aromatic N) is 3. The first-order valence-corrected chi connectivity index (χ1v) is 8.59.